The zero-order valence-corrected chi connectivity index (χ0v) is 16.3. The summed E-state index contributed by atoms with van der Waals surface area (Å²) in [5.74, 6) is -0.0708. The van der Waals surface area contributed by atoms with Gasteiger partial charge in [-0.05, 0) is 11.1 Å². The van der Waals surface area contributed by atoms with Crippen LogP contribution in [0.15, 0.2) is 91.0 Å². The summed E-state index contributed by atoms with van der Waals surface area (Å²) in [6.07, 6.45) is 0.334. The van der Waals surface area contributed by atoms with Crippen LogP contribution in [-0.4, -0.2) is 5.78 Å². The van der Waals surface area contributed by atoms with E-state index in [2.05, 4.69) is 0 Å². The zero-order chi connectivity index (χ0) is 18.9. The standard InChI is InChI=1S/C24H23O2P/c1-18-22(25)17-23(19-11-5-2-6-12-19)27(26,21-15-9-4-10-16-21)24(18)20-13-7-3-8-14-20/h2-16,18,23-24H,17H2,1H3/t18-,23+,24-,27?/m1/s1. The van der Waals surface area contributed by atoms with Gasteiger partial charge in [-0.25, -0.2) is 0 Å². The minimum Gasteiger partial charge on any atom is -0.317 e. The van der Waals surface area contributed by atoms with E-state index in [1.807, 2.05) is 97.9 Å². The average Bonchev–Trinajstić information content (AvgIpc) is 2.73. The maximum absolute atomic E-state index is 14.9. The molecule has 1 saturated heterocycles. The molecule has 1 unspecified atom stereocenters. The van der Waals surface area contributed by atoms with E-state index in [0.717, 1.165) is 16.4 Å². The highest BCUT2D eigenvalue weighted by Crippen LogP contribution is 2.73. The Bertz CT molecular complexity index is 967. The Morgan fingerprint density at radius 2 is 1.22 bits per heavy atom. The molecule has 3 aromatic rings. The number of Topliss-reactive ketones (excluding diaryl/α,β-unsaturated/α-hetero) is 1. The van der Waals surface area contributed by atoms with Crippen LogP contribution in [0.5, 0.6) is 0 Å². The van der Waals surface area contributed by atoms with Crippen LogP contribution in [0.3, 0.4) is 0 Å². The fourth-order valence-electron chi connectivity index (χ4n) is 4.39. The summed E-state index contributed by atoms with van der Waals surface area (Å²) in [4.78, 5) is 13.0. The van der Waals surface area contributed by atoms with Crippen molar-refractivity contribution in [2.75, 3.05) is 0 Å². The van der Waals surface area contributed by atoms with Gasteiger partial charge in [0.15, 0.2) is 0 Å². The van der Waals surface area contributed by atoms with Crippen molar-refractivity contribution in [3.8, 4) is 0 Å². The first-order valence-corrected chi connectivity index (χ1v) is 11.2. The lowest BCUT2D eigenvalue weighted by Gasteiger charge is -2.42. The molecule has 1 aliphatic rings. The molecule has 1 heterocycles. The van der Waals surface area contributed by atoms with Gasteiger partial charge < -0.3 is 4.57 Å². The predicted octanol–water partition coefficient (Wildman–Crippen LogP) is 5.77. The van der Waals surface area contributed by atoms with Gasteiger partial charge in [0.1, 0.15) is 12.9 Å². The second-order valence-corrected chi connectivity index (χ2v) is 10.4. The molecule has 136 valence electrons. The van der Waals surface area contributed by atoms with Crippen molar-refractivity contribution >= 4 is 18.2 Å². The first kappa shape index (κ1) is 17.9. The minimum absolute atomic E-state index is 0.195. The zero-order valence-electron chi connectivity index (χ0n) is 15.4. The van der Waals surface area contributed by atoms with Crippen LogP contribution >= 0.6 is 7.14 Å². The number of rotatable bonds is 3. The summed E-state index contributed by atoms with van der Waals surface area (Å²) in [6, 6.07) is 29.6. The van der Waals surface area contributed by atoms with Gasteiger partial charge in [0, 0.05) is 23.3 Å². The molecule has 4 atom stereocenters. The number of carbonyl (C=O) groups is 1. The monoisotopic (exact) mass is 374 g/mol. The predicted molar refractivity (Wildman–Crippen MR) is 111 cm³/mol. The van der Waals surface area contributed by atoms with Crippen molar-refractivity contribution in [3.63, 3.8) is 0 Å². The number of hydrogen-bond donors (Lipinski definition) is 0. The van der Waals surface area contributed by atoms with Gasteiger partial charge in [-0.3, -0.25) is 4.79 Å². The summed E-state index contributed by atoms with van der Waals surface area (Å²) >= 11 is 0. The molecule has 0 amide bonds. The Hall–Kier alpha value is -2.44. The summed E-state index contributed by atoms with van der Waals surface area (Å²) in [5.41, 5.74) is 1.40. The fourth-order valence-corrected chi connectivity index (χ4v) is 8.61. The molecule has 0 spiro atoms. The third-order valence-corrected chi connectivity index (χ3v) is 9.82. The summed E-state index contributed by atoms with van der Waals surface area (Å²) in [5, 5.41) is 0.868. The molecule has 3 aromatic carbocycles. The van der Waals surface area contributed by atoms with E-state index in [-0.39, 0.29) is 23.0 Å². The third kappa shape index (κ3) is 3.09. The number of ketones is 1. The smallest absolute Gasteiger partial charge is 0.137 e. The molecule has 0 aliphatic carbocycles. The Kier molecular flexibility index (Phi) is 4.85. The van der Waals surface area contributed by atoms with Crippen molar-refractivity contribution in [2.24, 2.45) is 5.92 Å². The Balaban J connectivity index is 1.97. The van der Waals surface area contributed by atoms with Gasteiger partial charge in [-0.1, -0.05) is 97.9 Å². The maximum atomic E-state index is 14.9. The summed E-state index contributed by atoms with van der Waals surface area (Å²) in [7, 11) is -2.94. The van der Waals surface area contributed by atoms with Gasteiger partial charge >= 0.3 is 0 Å². The van der Waals surface area contributed by atoms with E-state index >= 15 is 0 Å². The van der Waals surface area contributed by atoms with Crippen LogP contribution in [-0.2, 0) is 9.36 Å². The van der Waals surface area contributed by atoms with E-state index in [4.69, 9.17) is 0 Å². The van der Waals surface area contributed by atoms with Crippen molar-refractivity contribution < 1.29 is 9.36 Å². The quantitative estimate of drug-likeness (QED) is 0.546. The van der Waals surface area contributed by atoms with Gasteiger partial charge in [0.2, 0.25) is 0 Å². The minimum atomic E-state index is -2.94. The first-order valence-electron chi connectivity index (χ1n) is 9.40. The van der Waals surface area contributed by atoms with Crippen molar-refractivity contribution in [1.82, 2.24) is 0 Å². The second kappa shape index (κ2) is 7.29. The molecule has 0 radical (unpaired) electrons. The lowest BCUT2D eigenvalue weighted by molar-refractivity contribution is -0.123. The van der Waals surface area contributed by atoms with E-state index in [1.165, 1.54) is 0 Å². The Morgan fingerprint density at radius 3 is 1.78 bits per heavy atom. The molecule has 4 rings (SSSR count). The molecule has 0 aromatic heterocycles. The molecule has 1 aliphatic heterocycles. The van der Waals surface area contributed by atoms with Crippen molar-refractivity contribution in [1.29, 1.82) is 0 Å². The van der Waals surface area contributed by atoms with E-state index in [1.54, 1.807) is 0 Å². The first-order chi connectivity index (χ1) is 13.1. The highest BCUT2D eigenvalue weighted by Gasteiger charge is 2.52. The topological polar surface area (TPSA) is 34.1 Å². The van der Waals surface area contributed by atoms with Gasteiger partial charge in [0.25, 0.3) is 0 Å². The lowest BCUT2D eigenvalue weighted by Crippen LogP contribution is -2.33. The number of hydrogen-bond acceptors (Lipinski definition) is 2. The third-order valence-electron chi connectivity index (χ3n) is 5.74. The summed E-state index contributed by atoms with van der Waals surface area (Å²) in [6.45, 7) is 1.94. The van der Waals surface area contributed by atoms with E-state index in [0.29, 0.717) is 6.42 Å². The largest absolute Gasteiger partial charge is 0.317 e. The molecular formula is C24H23O2P. The second-order valence-electron chi connectivity index (χ2n) is 7.29. The molecule has 0 N–H and O–H groups in total. The highest BCUT2D eigenvalue weighted by molar-refractivity contribution is 7.72. The normalized spacial score (nSPS) is 28.0. The number of benzene rings is 3. The Morgan fingerprint density at radius 1 is 0.741 bits per heavy atom. The van der Waals surface area contributed by atoms with E-state index < -0.39 is 7.14 Å². The van der Waals surface area contributed by atoms with Gasteiger partial charge in [-0.15, -0.1) is 0 Å². The summed E-state index contributed by atoms with van der Waals surface area (Å²) < 4.78 is 14.9. The van der Waals surface area contributed by atoms with Crippen LogP contribution in [0.4, 0.5) is 0 Å². The average molecular weight is 374 g/mol. The number of carbonyl (C=O) groups excluding carboxylic acids is 1. The molecule has 2 nitrogen and oxygen atoms in total. The molecule has 3 heteroatoms. The highest BCUT2D eigenvalue weighted by atomic mass is 31.2. The molecule has 0 saturated carbocycles. The maximum Gasteiger partial charge on any atom is 0.137 e. The fraction of sp³-hybridized carbons (Fsp3) is 0.208. The SMILES string of the molecule is C[C@@H]1C(=O)C[C@@H](c2ccccc2)P(=O)(c2ccccc2)[C@H]1c1ccccc1. The lowest BCUT2D eigenvalue weighted by atomic mass is 9.91. The van der Waals surface area contributed by atoms with Gasteiger partial charge in [0.05, 0.1) is 5.66 Å². The van der Waals surface area contributed by atoms with Crippen LogP contribution in [0, 0.1) is 5.92 Å². The van der Waals surface area contributed by atoms with Crippen LogP contribution in [0.25, 0.3) is 0 Å². The van der Waals surface area contributed by atoms with Crippen LogP contribution < -0.4 is 5.30 Å². The molecule has 1 fully saturated rings. The van der Waals surface area contributed by atoms with Crippen molar-refractivity contribution in [3.05, 3.63) is 102 Å². The van der Waals surface area contributed by atoms with Crippen LogP contribution in [0.1, 0.15) is 35.8 Å². The molecule has 27 heavy (non-hydrogen) atoms. The molecular weight excluding hydrogens is 351 g/mol. The van der Waals surface area contributed by atoms with Gasteiger partial charge in [-0.2, -0.15) is 0 Å². The van der Waals surface area contributed by atoms with E-state index in [9.17, 15) is 9.36 Å². The van der Waals surface area contributed by atoms with Crippen LogP contribution in [0.2, 0.25) is 0 Å². The Labute approximate surface area is 160 Å². The molecule has 0 bridgehead atoms. The van der Waals surface area contributed by atoms with Crippen molar-refractivity contribution in [2.45, 2.75) is 24.7 Å².